The van der Waals surface area contributed by atoms with Gasteiger partial charge in [-0.25, -0.2) is 0 Å². The number of hydrogen-bond donors (Lipinski definition) is 1. The summed E-state index contributed by atoms with van der Waals surface area (Å²) in [5.41, 5.74) is 5.39. The number of rotatable bonds is 3. The fourth-order valence-electron chi connectivity index (χ4n) is 5.72. The van der Waals surface area contributed by atoms with Gasteiger partial charge in [0.1, 0.15) is 0 Å². The third-order valence-corrected chi connectivity index (χ3v) is 7.15. The van der Waals surface area contributed by atoms with Crippen molar-refractivity contribution in [3.63, 3.8) is 0 Å². The molecule has 0 amide bonds. The van der Waals surface area contributed by atoms with Crippen LogP contribution >= 0.6 is 0 Å². The number of carbonyl (C=O) groups excluding carboxylic acids is 1. The van der Waals surface area contributed by atoms with E-state index in [2.05, 4.69) is 43.4 Å². The molecule has 1 aromatic heterocycles. The van der Waals surface area contributed by atoms with Crippen molar-refractivity contribution in [3.8, 4) is 5.69 Å². The molecule has 2 aliphatic rings. The number of fused-ring (bicyclic) bond motifs is 3. The van der Waals surface area contributed by atoms with Crippen LogP contribution in [0, 0.1) is 15.5 Å². The van der Waals surface area contributed by atoms with Crippen molar-refractivity contribution in [1.82, 2.24) is 4.57 Å². The van der Waals surface area contributed by atoms with E-state index in [1.807, 2.05) is 41.1 Å². The van der Waals surface area contributed by atoms with Gasteiger partial charge in [-0.3, -0.25) is 14.9 Å². The third kappa shape index (κ3) is 3.44. The number of anilines is 1. The Morgan fingerprint density at radius 2 is 1.83 bits per heavy atom. The van der Waals surface area contributed by atoms with Crippen molar-refractivity contribution in [1.29, 1.82) is 0 Å². The van der Waals surface area contributed by atoms with Crippen molar-refractivity contribution in [3.05, 3.63) is 112 Å². The summed E-state index contributed by atoms with van der Waals surface area (Å²) in [7, 11) is 0. The molecule has 0 unspecified atom stereocenters. The maximum atomic E-state index is 13.7. The van der Waals surface area contributed by atoms with Crippen molar-refractivity contribution in [2.75, 3.05) is 5.32 Å². The number of non-ortho nitro benzene ring substituents is 1. The van der Waals surface area contributed by atoms with Crippen LogP contribution in [0.3, 0.4) is 0 Å². The first kappa shape index (κ1) is 21.4. The fourth-order valence-corrected chi connectivity index (χ4v) is 5.72. The highest BCUT2D eigenvalue weighted by atomic mass is 16.6. The lowest BCUT2D eigenvalue weighted by molar-refractivity contribution is -0.384. The van der Waals surface area contributed by atoms with Gasteiger partial charge in [-0.15, -0.1) is 0 Å². The molecular weight excluding hydrogens is 438 g/mol. The highest BCUT2D eigenvalue weighted by molar-refractivity contribution is 6.04. The van der Waals surface area contributed by atoms with Gasteiger partial charge in [-0.1, -0.05) is 50.2 Å². The Hall–Kier alpha value is -4.19. The largest absolute Gasteiger partial charge is 0.358 e. The highest BCUT2D eigenvalue weighted by Crippen LogP contribution is 2.51. The van der Waals surface area contributed by atoms with Crippen molar-refractivity contribution in [2.45, 2.75) is 32.6 Å². The SMILES string of the molecule is CC1(C)CC(=O)C2=C(C1)Nc1ccc3ccccc3c1[C@@H]2c1cccn1-c1cccc([N+](=O)[O-])c1. The number of nitrogens with one attached hydrogen (secondary N) is 1. The summed E-state index contributed by atoms with van der Waals surface area (Å²) in [6.07, 6.45) is 3.19. The minimum Gasteiger partial charge on any atom is -0.358 e. The number of benzene rings is 3. The zero-order chi connectivity index (χ0) is 24.3. The van der Waals surface area contributed by atoms with Gasteiger partial charge in [-0.05, 0) is 52.4 Å². The molecule has 2 heterocycles. The molecule has 0 radical (unpaired) electrons. The maximum absolute atomic E-state index is 13.7. The third-order valence-electron chi connectivity index (χ3n) is 7.15. The zero-order valence-electron chi connectivity index (χ0n) is 19.6. The standard InChI is InChI=1S/C29H25N3O3/c1-29(2)16-23-27(25(33)17-29)28(26-21-10-4-3-7-18(21)12-13-22(26)30-23)24-11-6-14-31(24)19-8-5-9-20(15-19)32(34)35/h3-15,28,30H,16-17H2,1-2H3/t28-/m0/s1. The molecule has 4 aromatic rings. The van der Waals surface area contributed by atoms with Crippen LogP contribution < -0.4 is 5.32 Å². The molecule has 1 aliphatic carbocycles. The number of ketones is 1. The fraction of sp³-hybridized carbons (Fsp3) is 0.207. The van der Waals surface area contributed by atoms with Crippen LogP contribution in [-0.4, -0.2) is 15.3 Å². The summed E-state index contributed by atoms with van der Waals surface area (Å²) in [5.74, 6) is -0.135. The average molecular weight is 464 g/mol. The number of Topliss-reactive ketones (excluding diaryl/α,β-unsaturated/α-hetero) is 1. The molecule has 1 N–H and O–H groups in total. The average Bonchev–Trinajstić information content (AvgIpc) is 3.31. The summed E-state index contributed by atoms with van der Waals surface area (Å²) >= 11 is 0. The Balaban J connectivity index is 1.63. The molecule has 35 heavy (non-hydrogen) atoms. The lowest BCUT2D eigenvalue weighted by atomic mass is 9.69. The molecule has 6 rings (SSSR count). The molecule has 0 bridgehead atoms. The number of nitro benzene ring substituents is 1. The molecule has 174 valence electrons. The number of nitro groups is 1. The lowest BCUT2D eigenvalue weighted by Gasteiger charge is -2.40. The second-order valence-electron chi connectivity index (χ2n) is 10.2. The summed E-state index contributed by atoms with van der Waals surface area (Å²) < 4.78 is 1.98. The van der Waals surface area contributed by atoms with Gasteiger partial charge in [0.05, 0.1) is 16.5 Å². The molecular formula is C29H25N3O3. The topological polar surface area (TPSA) is 77.2 Å². The second kappa shape index (κ2) is 7.67. The molecule has 3 aromatic carbocycles. The van der Waals surface area contributed by atoms with Gasteiger partial charge in [0.2, 0.25) is 0 Å². The molecule has 0 saturated carbocycles. The van der Waals surface area contributed by atoms with Gasteiger partial charge >= 0.3 is 0 Å². The van der Waals surface area contributed by atoms with E-state index in [1.165, 1.54) is 6.07 Å². The minimum atomic E-state index is -0.382. The molecule has 0 spiro atoms. The van der Waals surface area contributed by atoms with Gasteiger partial charge in [0.15, 0.2) is 5.78 Å². The van der Waals surface area contributed by atoms with Crippen LogP contribution in [0.4, 0.5) is 11.4 Å². The molecule has 6 nitrogen and oxygen atoms in total. The van der Waals surface area contributed by atoms with E-state index in [0.717, 1.165) is 45.4 Å². The summed E-state index contributed by atoms with van der Waals surface area (Å²) in [6.45, 7) is 4.26. The lowest BCUT2D eigenvalue weighted by Crippen LogP contribution is -2.34. The van der Waals surface area contributed by atoms with Crippen LogP contribution in [0.1, 0.15) is 43.9 Å². The van der Waals surface area contributed by atoms with E-state index in [4.69, 9.17) is 0 Å². The Bertz CT molecular complexity index is 1560. The predicted octanol–water partition coefficient (Wildman–Crippen LogP) is 6.74. The highest BCUT2D eigenvalue weighted by Gasteiger charge is 2.42. The van der Waals surface area contributed by atoms with Crippen LogP contribution in [0.15, 0.2) is 90.3 Å². The Kier molecular flexibility index (Phi) is 4.68. The van der Waals surface area contributed by atoms with E-state index in [9.17, 15) is 14.9 Å². The first-order valence-electron chi connectivity index (χ1n) is 11.8. The minimum absolute atomic E-state index is 0.0358. The predicted molar refractivity (Wildman–Crippen MR) is 137 cm³/mol. The number of carbonyl (C=O) groups is 1. The molecule has 0 fully saturated rings. The van der Waals surface area contributed by atoms with Gasteiger partial charge in [0, 0.05) is 47.4 Å². The maximum Gasteiger partial charge on any atom is 0.271 e. The Morgan fingerprint density at radius 1 is 1.00 bits per heavy atom. The quantitative estimate of drug-likeness (QED) is 0.270. The number of aromatic nitrogens is 1. The van der Waals surface area contributed by atoms with Crippen molar-refractivity contribution in [2.24, 2.45) is 5.41 Å². The van der Waals surface area contributed by atoms with Gasteiger partial charge < -0.3 is 9.88 Å². The van der Waals surface area contributed by atoms with E-state index in [0.29, 0.717) is 12.1 Å². The normalized spacial score (nSPS) is 18.7. The van der Waals surface area contributed by atoms with Gasteiger partial charge in [0.25, 0.3) is 5.69 Å². The molecule has 6 heteroatoms. The summed E-state index contributed by atoms with van der Waals surface area (Å²) in [4.78, 5) is 24.8. The molecule has 1 atom stereocenters. The van der Waals surface area contributed by atoms with Crippen LogP contribution in [0.5, 0.6) is 0 Å². The number of hydrogen-bond acceptors (Lipinski definition) is 4. The smallest absolute Gasteiger partial charge is 0.271 e. The number of allylic oxidation sites excluding steroid dienone is 2. The van der Waals surface area contributed by atoms with Crippen LogP contribution in [0.25, 0.3) is 16.5 Å². The van der Waals surface area contributed by atoms with E-state index >= 15 is 0 Å². The monoisotopic (exact) mass is 463 g/mol. The van der Waals surface area contributed by atoms with E-state index < -0.39 is 0 Å². The van der Waals surface area contributed by atoms with Crippen molar-refractivity contribution < 1.29 is 9.72 Å². The molecule has 1 aliphatic heterocycles. The van der Waals surface area contributed by atoms with E-state index in [1.54, 1.807) is 12.1 Å². The summed E-state index contributed by atoms with van der Waals surface area (Å²) in [6, 6.07) is 23.0. The second-order valence-corrected chi connectivity index (χ2v) is 10.2. The van der Waals surface area contributed by atoms with Crippen LogP contribution in [-0.2, 0) is 4.79 Å². The Morgan fingerprint density at radius 3 is 2.66 bits per heavy atom. The first-order chi connectivity index (χ1) is 16.8. The Labute approximate surface area is 203 Å². The van der Waals surface area contributed by atoms with Crippen molar-refractivity contribution >= 4 is 27.9 Å². The van der Waals surface area contributed by atoms with Crippen LogP contribution in [0.2, 0.25) is 0 Å². The zero-order valence-corrected chi connectivity index (χ0v) is 19.6. The number of nitrogens with zero attached hydrogens (tertiary/aromatic N) is 2. The molecule has 0 saturated heterocycles. The first-order valence-corrected chi connectivity index (χ1v) is 11.8. The van der Waals surface area contributed by atoms with Gasteiger partial charge in [-0.2, -0.15) is 0 Å². The summed E-state index contributed by atoms with van der Waals surface area (Å²) in [5, 5.41) is 17.3. The van der Waals surface area contributed by atoms with E-state index in [-0.39, 0.29) is 27.7 Å².